The number of hydrogen-bond donors (Lipinski definition) is 1. The molecule has 1 aliphatic carbocycles. The van der Waals surface area contributed by atoms with Gasteiger partial charge >= 0.3 is 5.97 Å². The maximum atomic E-state index is 12.2. The Hall–Kier alpha value is -1.30. The molecule has 5 nitrogen and oxygen atoms in total. The number of Topliss-reactive ketones (excluding diaryl/α,β-unsaturated/α-hetero) is 1. The lowest BCUT2D eigenvalue weighted by Crippen LogP contribution is -2.29. The molecule has 96 valence electrons. The lowest BCUT2D eigenvalue weighted by molar-refractivity contribution is -0.141. The summed E-state index contributed by atoms with van der Waals surface area (Å²) >= 11 is 1.50. The van der Waals surface area contributed by atoms with E-state index in [9.17, 15) is 14.4 Å². The van der Waals surface area contributed by atoms with Gasteiger partial charge in [0.05, 0.1) is 17.4 Å². The summed E-state index contributed by atoms with van der Waals surface area (Å²) < 4.78 is 0. The third kappa shape index (κ3) is 1.75. The minimum atomic E-state index is -1.03. The Balaban J connectivity index is 1.96. The van der Waals surface area contributed by atoms with Crippen molar-refractivity contribution < 1.29 is 19.5 Å². The van der Waals surface area contributed by atoms with Crippen LogP contribution in [0.5, 0.6) is 0 Å². The summed E-state index contributed by atoms with van der Waals surface area (Å²) in [4.78, 5) is 36.8. The van der Waals surface area contributed by atoms with Gasteiger partial charge in [-0.05, 0) is 12.8 Å². The molecule has 3 rings (SSSR count). The summed E-state index contributed by atoms with van der Waals surface area (Å²) in [6, 6.07) is 0. The number of nitrogens with zero attached hydrogens (tertiary/aromatic N) is 1. The van der Waals surface area contributed by atoms with Crippen LogP contribution in [-0.2, 0) is 14.4 Å². The molecule has 2 fully saturated rings. The van der Waals surface area contributed by atoms with Crippen molar-refractivity contribution in [2.75, 3.05) is 12.3 Å². The molecule has 1 saturated heterocycles. The number of amides is 1. The van der Waals surface area contributed by atoms with Crippen LogP contribution < -0.4 is 0 Å². The number of carbonyl (C=O) groups is 3. The van der Waals surface area contributed by atoms with Gasteiger partial charge in [-0.15, -0.1) is 11.8 Å². The van der Waals surface area contributed by atoms with Gasteiger partial charge in [0.15, 0.2) is 5.78 Å². The Morgan fingerprint density at radius 1 is 1.39 bits per heavy atom. The zero-order valence-corrected chi connectivity index (χ0v) is 10.5. The predicted molar refractivity (Wildman–Crippen MR) is 64.7 cm³/mol. The van der Waals surface area contributed by atoms with Crippen LogP contribution in [0.2, 0.25) is 0 Å². The monoisotopic (exact) mass is 267 g/mol. The van der Waals surface area contributed by atoms with Crippen molar-refractivity contribution in [2.45, 2.75) is 19.3 Å². The van der Waals surface area contributed by atoms with Crippen LogP contribution >= 0.6 is 11.8 Å². The van der Waals surface area contributed by atoms with Crippen molar-refractivity contribution in [3.8, 4) is 0 Å². The maximum absolute atomic E-state index is 12.2. The molecule has 0 radical (unpaired) electrons. The van der Waals surface area contributed by atoms with E-state index >= 15 is 0 Å². The number of carboxylic acids is 1. The molecule has 18 heavy (non-hydrogen) atoms. The first-order valence-electron chi connectivity index (χ1n) is 6.04. The second kappa shape index (κ2) is 4.12. The van der Waals surface area contributed by atoms with E-state index in [0.717, 1.165) is 23.6 Å². The zero-order valence-electron chi connectivity index (χ0n) is 9.72. The lowest BCUT2D eigenvalue weighted by Gasteiger charge is -2.12. The molecule has 1 unspecified atom stereocenters. The van der Waals surface area contributed by atoms with Gasteiger partial charge in [-0.1, -0.05) is 0 Å². The predicted octanol–water partition coefficient (Wildman–Crippen LogP) is 0.857. The summed E-state index contributed by atoms with van der Waals surface area (Å²) in [6.07, 6.45) is 1.47. The summed E-state index contributed by atoms with van der Waals surface area (Å²) in [6.45, 7) is 0.594. The number of thioether (sulfide) groups is 1. The quantitative estimate of drug-likeness (QED) is 0.817. The average Bonchev–Trinajstić information content (AvgIpc) is 3.00. The second-order valence-electron chi connectivity index (χ2n) is 4.85. The molecule has 0 aromatic heterocycles. The van der Waals surface area contributed by atoms with E-state index < -0.39 is 11.9 Å². The molecule has 0 spiro atoms. The van der Waals surface area contributed by atoms with E-state index in [0.29, 0.717) is 12.1 Å². The smallest absolute Gasteiger partial charge is 0.304 e. The Morgan fingerprint density at radius 3 is 2.72 bits per heavy atom. The van der Waals surface area contributed by atoms with E-state index in [-0.39, 0.29) is 24.0 Å². The third-order valence-electron chi connectivity index (χ3n) is 3.53. The fraction of sp³-hybridized carbons (Fsp3) is 0.583. The standard InChI is InChI=1S/C12H13NO4S/c14-8(15)5-7-9(10(16)6-1-2-6)12-13(11(7)17)3-4-18-12/h6-7H,1-5H2,(H,14,15). The highest BCUT2D eigenvalue weighted by Gasteiger charge is 2.48. The van der Waals surface area contributed by atoms with Crippen LogP contribution in [0.4, 0.5) is 0 Å². The van der Waals surface area contributed by atoms with Crippen LogP contribution in [-0.4, -0.2) is 40.0 Å². The highest BCUT2D eigenvalue weighted by molar-refractivity contribution is 8.03. The van der Waals surface area contributed by atoms with Gasteiger partial charge in [0.1, 0.15) is 0 Å². The van der Waals surface area contributed by atoms with Crippen LogP contribution in [0.25, 0.3) is 0 Å². The van der Waals surface area contributed by atoms with Gasteiger partial charge < -0.3 is 10.0 Å². The van der Waals surface area contributed by atoms with Gasteiger partial charge in [-0.25, -0.2) is 0 Å². The maximum Gasteiger partial charge on any atom is 0.304 e. The van der Waals surface area contributed by atoms with Crippen molar-refractivity contribution in [3.63, 3.8) is 0 Å². The van der Waals surface area contributed by atoms with Gasteiger partial charge in [-0.2, -0.15) is 0 Å². The van der Waals surface area contributed by atoms with Gasteiger partial charge in [0.25, 0.3) is 0 Å². The molecule has 1 N–H and O–H groups in total. The first kappa shape index (κ1) is 11.8. The summed E-state index contributed by atoms with van der Waals surface area (Å²) in [5.41, 5.74) is 0.479. The molecule has 2 aliphatic heterocycles. The Bertz CT molecular complexity index is 480. The SMILES string of the molecule is O=C(O)CC1C(=O)N2CCSC2=C1C(=O)C1CC1. The number of carbonyl (C=O) groups excluding carboxylic acids is 2. The Morgan fingerprint density at radius 2 is 2.11 bits per heavy atom. The highest BCUT2D eigenvalue weighted by Crippen LogP contribution is 2.46. The number of fused-ring (bicyclic) bond motifs is 1. The molecule has 0 aromatic rings. The van der Waals surface area contributed by atoms with Crippen molar-refractivity contribution in [1.82, 2.24) is 4.90 Å². The number of carboxylic acid groups (broad SMARTS) is 1. The lowest BCUT2D eigenvalue weighted by atomic mass is 9.92. The van der Waals surface area contributed by atoms with Crippen LogP contribution in [0.1, 0.15) is 19.3 Å². The molecule has 3 aliphatic rings. The first-order valence-corrected chi connectivity index (χ1v) is 7.02. The molecule has 1 saturated carbocycles. The Labute approximate surface area is 108 Å². The molecule has 1 amide bonds. The largest absolute Gasteiger partial charge is 0.481 e. The molecule has 6 heteroatoms. The van der Waals surface area contributed by atoms with Crippen molar-refractivity contribution >= 4 is 29.4 Å². The average molecular weight is 267 g/mol. The topological polar surface area (TPSA) is 74.7 Å². The highest BCUT2D eigenvalue weighted by atomic mass is 32.2. The van der Waals surface area contributed by atoms with Gasteiger partial charge in [-0.3, -0.25) is 14.4 Å². The molecule has 1 atom stereocenters. The van der Waals surface area contributed by atoms with E-state index in [1.165, 1.54) is 11.8 Å². The fourth-order valence-corrected chi connectivity index (χ4v) is 3.72. The van der Waals surface area contributed by atoms with E-state index in [2.05, 4.69) is 0 Å². The molecular weight excluding hydrogens is 254 g/mol. The number of hydrogen-bond acceptors (Lipinski definition) is 4. The number of rotatable bonds is 4. The summed E-state index contributed by atoms with van der Waals surface area (Å²) in [5.74, 6) is -1.16. The second-order valence-corrected chi connectivity index (χ2v) is 5.93. The summed E-state index contributed by atoms with van der Waals surface area (Å²) in [7, 11) is 0. The minimum absolute atomic E-state index is 0.00139. The van der Waals surface area contributed by atoms with Gasteiger partial charge in [0, 0.05) is 23.8 Å². The van der Waals surface area contributed by atoms with Crippen LogP contribution in [0.15, 0.2) is 10.6 Å². The van der Waals surface area contributed by atoms with E-state index in [1.807, 2.05) is 0 Å². The number of aliphatic carboxylic acids is 1. The van der Waals surface area contributed by atoms with E-state index in [4.69, 9.17) is 5.11 Å². The third-order valence-corrected chi connectivity index (χ3v) is 4.63. The van der Waals surface area contributed by atoms with Crippen molar-refractivity contribution in [3.05, 3.63) is 10.6 Å². The number of ketones is 1. The Kier molecular flexibility index (Phi) is 2.69. The molecular formula is C12H13NO4S. The zero-order chi connectivity index (χ0) is 12.9. The van der Waals surface area contributed by atoms with Gasteiger partial charge in [0.2, 0.25) is 5.91 Å². The van der Waals surface area contributed by atoms with Crippen molar-refractivity contribution in [2.24, 2.45) is 11.8 Å². The molecule has 0 bridgehead atoms. The first-order chi connectivity index (χ1) is 8.59. The minimum Gasteiger partial charge on any atom is -0.481 e. The van der Waals surface area contributed by atoms with Crippen molar-refractivity contribution in [1.29, 1.82) is 0 Å². The van der Waals surface area contributed by atoms with Crippen LogP contribution in [0, 0.1) is 11.8 Å². The van der Waals surface area contributed by atoms with E-state index in [1.54, 1.807) is 4.90 Å². The fourth-order valence-electron chi connectivity index (χ4n) is 2.51. The molecule has 2 heterocycles. The normalized spacial score (nSPS) is 26.8. The van der Waals surface area contributed by atoms with Crippen LogP contribution in [0.3, 0.4) is 0 Å². The summed E-state index contributed by atoms with van der Waals surface area (Å²) in [5, 5.41) is 9.62. The molecule has 0 aromatic carbocycles.